The zero-order chi connectivity index (χ0) is 25.0. The molecule has 4 aromatic rings. The van der Waals surface area contributed by atoms with E-state index in [1.54, 1.807) is 4.57 Å². The van der Waals surface area contributed by atoms with Crippen LogP contribution in [-0.4, -0.2) is 49.5 Å². The molecule has 184 valence electrons. The molecule has 1 saturated heterocycles. The summed E-state index contributed by atoms with van der Waals surface area (Å²) in [5, 5.41) is 12.3. The predicted molar refractivity (Wildman–Crippen MR) is 135 cm³/mol. The molecule has 0 aliphatic carbocycles. The average Bonchev–Trinajstić information content (AvgIpc) is 3.53. The molecule has 0 unspecified atom stereocenters. The number of amides is 1. The molecule has 0 radical (unpaired) electrons. The van der Waals surface area contributed by atoms with Gasteiger partial charge >= 0.3 is 5.69 Å². The molecule has 35 heavy (non-hydrogen) atoms. The molecule has 1 aliphatic rings. The topological polar surface area (TPSA) is 110 Å². The number of thiophene rings is 1. The first-order chi connectivity index (χ1) is 16.7. The summed E-state index contributed by atoms with van der Waals surface area (Å²) in [4.78, 5) is 50.0. The predicted octanol–water partition coefficient (Wildman–Crippen LogP) is 2.55. The van der Waals surface area contributed by atoms with Crippen molar-refractivity contribution in [2.24, 2.45) is 13.0 Å². The summed E-state index contributed by atoms with van der Waals surface area (Å²) in [6.07, 6.45) is 1.54. The van der Waals surface area contributed by atoms with Gasteiger partial charge in [-0.2, -0.15) is 0 Å². The van der Waals surface area contributed by atoms with Gasteiger partial charge in [-0.1, -0.05) is 32.0 Å². The van der Waals surface area contributed by atoms with Gasteiger partial charge in [0.2, 0.25) is 0 Å². The summed E-state index contributed by atoms with van der Waals surface area (Å²) in [6, 6.07) is 6.04. The third kappa shape index (κ3) is 3.91. The van der Waals surface area contributed by atoms with E-state index < -0.39 is 23.3 Å². The Morgan fingerprint density at radius 2 is 2.09 bits per heavy atom. The van der Waals surface area contributed by atoms with Crippen molar-refractivity contribution < 1.29 is 14.7 Å². The number of nitrogens with zero attached hydrogens (tertiary/aromatic N) is 3. The van der Waals surface area contributed by atoms with Crippen molar-refractivity contribution in [3.8, 4) is 0 Å². The van der Waals surface area contributed by atoms with Crippen molar-refractivity contribution in [3.05, 3.63) is 66.8 Å². The van der Waals surface area contributed by atoms with Gasteiger partial charge < -0.3 is 10.1 Å². The first-order valence-corrected chi connectivity index (χ1v) is 12.4. The van der Waals surface area contributed by atoms with Crippen LogP contribution in [-0.2, 0) is 24.9 Å². The number of aromatic nitrogens is 3. The van der Waals surface area contributed by atoms with Crippen molar-refractivity contribution in [2.75, 3.05) is 13.2 Å². The number of hydrogen-bond donors (Lipinski definition) is 2. The highest BCUT2D eigenvalue weighted by Crippen LogP contribution is 2.34. The van der Waals surface area contributed by atoms with Crippen molar-refractivity contribution in [1.82, 2.24) is 19.2 Å². The third-order valence-corrected chi connectivity index (χ3v) is 7.60. The number of H-pyrrole nitrogens is 1. The first kappa shape index (κ1) is 23.5. The van der Waals surface area contributed by atoms with Crippen LogP contribution in [0.1, 0.15) is 40.2 Å². The summed E-state index contributed by atoms with van der Waals surface area (Å²) in [6.45, 7) is 6.48. The van der Waals surface area contributed by atoms with E-state index >= 15 is 0 Å². The lowest BCUT2D eigenvalue weighted by Gasteiger charge is -2.15. The van der Waals surface area contributed by atoms with E-state index in [9.17, 15) is 19.5 Å². The Kier molecular flexibility index (Phi) is 5.90. The lowest BCUT2D eigenvalue weighted by molar-refractivity contribution is -0.0778. The van der Waals surface area contributed by atoms with Crippen LogP contribution in [0.15, 0.2) is 34.0 Å². The number of carbonyl (C=O) groups excluding carboxylic acids is 1. The molecule has 1 amide bonds. The fourth-order valence-electron chi connectivity index (χ4n) is 4.68. The number of aliphatic hydroxyl groups is 1. The number of carbonyl (C=O) groups is 1. The van der Waals surface area contributed by atoms with Gasteiger partial charge in [0.15, 0.2) is 0 Å². The zero-order valence-corrected chi connectivity index (χ0v) is 20.9. The minimum atomic E-state index is -0.786. The Morgan fingerprint density at radius 1 is 1.31 bits per heavy atom. The normalized spacial score (nSPS) is 16.3. The fraction of sp³-hybridized carbons (Fsp3) is 0.400. The number of aryl methyl sites for hydroxylation is 1. The van der Waals surface area contributed by atoms with Crippen LogP contribution in [0.5, 0.6) is 0 Å². The summed E-state index contributed by atoms with van der Waals surface area (Å²) in [5.41, 5.74) is 2.44. The average molecular weight is 497 g/mol. The van der Waals surface area contributed by atoms with Crippen molar-refractivity contribution in [3.63, 3.8) is 0 Å². The van der Waals surface area contributed by atoms with Crippen LogP contribution in [0.3, 0.4) is 0 Å². The van der Waals surface area contributed by atoms with Gasteiger partial charge in [0.1, 0.15) is 17.5 Å². The maximum atomic E-state index is 13.7. The molecule has 5 rings (SSSR count). The Hall–Kier alpha value is -3.21. The highest BCUT2D eigenvalue weighted by atomic mass is 32.1. The monoisotopic (exact) mass is 496 g/mol. The summed E-state index contributed by atoms with van der Waals surface area (Å²) in [5.74, 6) is -0.322. The smallest absolute Gasteiger partial charge is 0.331 e. The number of rotatable bonds is 5. The van der Waals surface area contributed by atoms with Crippen LogP contribution in [0.2, 0.25) is 0 Å². The Morgan fingerprint density at radius 3 is 2.77 bits per heavy atom. The van der Waals surface area contributed by atoms with E-state index in [2.05, 4.69) is 4.98 Å². The summed E-state index contributed by atoms with van der Waals surface area (Å²) >= 11 is 1.30. The summed E-state index contributed by atoms with van der Waals surface area (Å²) < 4.78 is 2.65. The number of hydroxylamine groups is 2. The number of fused-ring (bicyclic) bond motifs is 2. The van der Waals surface area contributed by atoms with E-state index in [1.165, 1.54) is 18.4 Å². The van der Waals surface area contributed by atoms with Crippen LogP contribution in [0, 0.1) is 12.8 Å². The first-order valence-electron chi connectivity index (χ1n) is 11.6. The second-order valence-corrected chi connectivity index (χ2v) is 10.6. The molecule has 0 spiro atoms. The molecule has 4 heterocycles. The number of β-amino-alcohol motifs (C(OH)–C–C–N with tert-alkyl or cyclic N) is 1. The van der Waals surface area contributed by atoms with Gasteiger partial charge in [-0.25, -0.2) is 9.86 Å². The quantitative estimate of drug-likeness (QED) is 0.441. The molecule has 3 aromatic heterocycles. The van der Waals surface area contributed by atoms with E-state index in [0.717, 1.165) is 31.7 Å². The molecular formula is C25H28N4O5S. The largest absolute Gasteiger partial charge is 0.389 e. The lowest BCUT2D eigenvalue weighted by Crippen LogP contribution is -2.39. The lowest BCUT2D eigenvalue weighted by atomic mass is 10.0. The molecule has 10 heteroatoms. The van der Waals surface area contributed by atoms with Gasteiger partial charge in [-0.15, -0.1) is 11.3 Å². The van der Waals surface area contributed by atoms with Crippen molar-refractivity contribution in [2.45, 2.75) is 39.8 Å². The number of nitrogens with one attached hydrogen (secondary N) is 1. The highest BCUT2D eigenvalue weighted by molar-refractivity contribution is 7.19. The minimum Gasteiger partial charge on any atom is -0.389 e. The van der Waals surface area contributed by atoms with E-state index in [-0.39, 0.29) is 30.0 Å². The molecule has 1 atom stereocenters. The molecule has 0 bridgehead atoms. The van der Waals surface area contributed by atoms with Gasteiger partial charge in [-0.3, -0.25) is 23.6 Å². The van der Waals surface area contributed by atoms with Crippen LogP contribution in [0.4, 0.5) is 0 Å². The zero-order valence-electron chi connectivity index (χ0n) is 20.1. The van der Waals surface area contributed by atoms with Crippen LogP contribution >= 0.6 is 11.3 Å². The van der Waals surface area contributed by atoms with Gasteiger partial charge in [-0.05, 0) is 24.0 Å². The summed E-state index contributed by atoms with van der Waals surface area (Å²) in [7, 11) is 1.44. The minimum absolute atomic E-state index is 0.0148. The fourth-order valence-corrected chi connectivity index (χ4v) is 5.98. The molecule has 2 N–H and O–H groups in total. The van der Waals surface area contributed by atoms with Crippen molar-refractivity contribution in [1.29, 1.82) is 0 Å². The van der Waals surface area contributed by atoms with Crippen LogP contribution < -0.4 is 11.2 Å². The molecule has 1 fully saturated rings. The van der Waals surface area contributed by atoms with E-state index in [1.807, 2.05) is 45.2 Å². The number of aliphatic hydroxyl groups excluding tert-OH is 1. The van der Waals surface area contributed by atoms with Crippen molar-refractivity contribution >= 4 is 38.4 Å². The molecule has 0 saturated carbocycles. The Bertz CT molecular complexity index is 1570. The molecule has 9 nitrogen and oxygen atoms in total. The van der Waals surface area contributed by atoms with E-state index in [0.29, 0.717) is 22.7 Å². The number of benzene rings is 1. The van der Waals surface area contributed by atoms with Gasteiger partial charge in [0.05, 0.1) is 17.5 Å². The Labute approximate surface area is 205 Å². The second kappa shape index (κ2) is 8.78. The Balaban J connectivity index is 1.76. The number of hydrogen-bond acceptors (Lipinski definition) is 6. The van der Waals surface area contributed by atoms with Crippen LogP contribution in [0.25, 0.3) is 21.1 Å². The SMILES string of the molecule is Cc1cccc2c(Cc3sc4c(c3C(=O)N3C[C@H](O)CO3)c(=O)n(C)c(=O)n4CC(C)C)c[nH]c12. The molecule has 1 aliphatic heterocycles. The number of para-hydroxylation sites is 1. The molecular weight excluding hydrogens is 468 g/mol. The van der Waals surface area contributed by atoms with Gasteiger partial charge in [0.25, 0.3) is 11.5 Å². The van der Waals surface area contributed by atoms with E-state index in [4.69, 9.17) is 4.84 Å². The maximum Gasteiger partial charge on any atom is 0.331 e. The number of aromatic amines is 1. The standard InChI is InChI=1S/C25H28N4O5S/c1-13(2)10-28-24-20(22(31)27(4)25(28)33)19(23(32)29-11-16(30)12-34-29)18(35-24)8-15-9-26-21-14(3)6-5-7-17(15)21/h5-7,9,13,16,26,30H,8,10-12H2,1-4H3/t16-/m0/s1. The third-order valence-electron chi connectivity index (χ3n) is 6.39. The highest BCUT2D eigenvalue weighted by Gasteiger charge is 2.33. The second-order valence-electron chi connectivity index (χ2n) is 9.54. The van der Waals surface area contributed by atoms with Gasteiger partial charge in [0, 0.05) is 42.0 Å². The maximum absolute atomic E-state index is 13.7. The molecule has 1 aromatic carbocycles.